The summed E-state index contributed by atoms with van der Waals surface area (Å²) < 4.78 is 11.7. The molecule has 0 aliphatic rings. The number of nitrogens with one attached hydrogen (secondary N) is 2. The van der Waals surface area contributed by atoms with E-state index >= 15 is 0 Å². The molecular formula is C27H20N4O2. The maximum atomic E-state index is 8.64. The molecule has 0 heterocycles. The number of nitriles is 2. The summed E-state index contributed by atoms with van der Waals surface area (Å²) in [6, 6.07) is 30.4. The number of benzene rings is 4. The molecule has 4 aromatic rings. The smallest absolute Gasteiger partial charge is 0.181 e. The minimum Gasteiger partial charge on any atom is -0.457 e. The van der Waals surface area contributed by atoms with Crippen LogP contribution in [0.5, 0.6) is 23.0 Å². The lowest BCUT2D eigenvalue weighted by Gasteiger charge is -2.09. The first kappa shape index (κ1) is 21.3. The highest BCUT2D eigenvalue weighted by molar-refractivity contribution is 5.50. The van der Waals surface area contributed by atoms with Gasteiger partial charge in [-0.05, 0) is 90.3 Å². The lowest BCUT2D eigenvalue weighted by Crippen LogP contribution is -1.91. The normalized spacial score (nSPS) is 9.88. The Morgan fingerprint density at radius 1 is 0.485 bits per heavy atom. The molecule has 0 aliphatic heterocycles. The summed E-state index contributed by atoms with van der Waals surface area (Å²) >= 11 is 0. The zero-order chi connectivity index (χ0) is 22.9. The summed E-state index contributed by atoms with van der Waals surface area (Å²) in [5.41, 5.74) is 3.79. The van der Waals surface area contributed by atoms with Crippen molar-refractivity contribution in [3.63, 3.8) is 0 Å². The average molecular weight is 432 g/mol. The summed E-state index contributed by atoms with van der Waals surface area (Å²) in [4.78, 5) is 0. The van der Waals surface area contributed by atoms with Gasteiger partial charge in [-0.1, -0.05) is 24.3 Å². The molecule has 0 radical (unpaired) electrons. The van der Waals surface area contributed by atoms with Gasteiger partial charge in [0, 0.05) is 11.4 Å². The third-order valence-corrected chi connectivity index (χ3v) is 4.84. The Bertz CT molecular complexity index is 1170. The van der Waals surface area contributed by atoms with Gasteiger partial charge in [-0.25, -0.2) is 0 Å². The number of nitrogens with zero attached hydrogens (tertiary/aromatic N) is 2. The van der Waals surface area contributed by atoms with Crippen molar-refractivity contribution in [3.8, 4) is 35.4 Å². The quantitative estimate of drug-likeness (QED) is 0.239. The second-order valence-corrected chi connectivity index (χ2v) is 7.19. The fourth-order valence-corrected chi connectivity index (χ4v) is 3.20. The first-order valence-corrected chi connectivity index (χ1v) is 10.3. The van der Waals surface area contributed by atoms with E-state index in [-0.39, 0.29) is 0 Å². The molecule has 6 heteroatoms. The Hall–Kier alpha value is -4.94. The van der Waals surface area contributed by atoms with Gasteiger partial charge in [-0.3, -0.25) is 10.6 Å². The molecule has 6 nitrogen and oxygen atoms in total. The van der Waals surface area contributed by atoms with E-state index in [0.717, 1.165) is 29.3 Å². The molecule has 0 aliphatic carbocycles. The Balaban J connectivity index is 1.32. The fraction of sp³-hybridized carbons (Fsp3) is 0.0370. The van der Waals surface area contributed by atoms with E-state index in [1.165, 1.54) is 11.1 Å². The van der Waals surface area contributed by atoms with Crippen LogP contribution >= 0.6 is 0 Å². The molecule has 0 saturated heterocycles. The van der Waals surface area contributed by atoms with Gasteiger partial charge in [0.15, 0.2) is 12.4 Å². The molecule has 0 saturated carbocycles. The van der Waals surface area contributed by atoms with E-state index in [4.69, 9.17) is 20.0 Å². The van der Waals surface area contributed by atoms with E-state index in [1.54, 1.807) is 24.3 Å². The van der Waals surface area contributed by atoms with Crippen molar-refractivity contribution in [2.45, 2.75) is 6.42 Å². The summed E-state index contributed by atoms with van der Waals surface area (Å²) in [7, 11) is 0. The second kappa shape index (κ2) is 10.4. The van der Waals surface area contributed by atoms with Gasteiger partial charge < -0.3 is 9.47 Å². The SMILES string of the molecule is N#CNc1ccc(Oc2ccc(Cc3ccc(Oc4ccc(NC#N)cc4)cc3)cc2)cc1. The number of hydrogen-bond donors (Lipinski definition) is 2. The molecular weight excluding hydrogens is 412 g/mol. The first-order valence-electron chi connectivity index (χ1n) is 10.3. The van der Waals surface area contributed by atoms with Gasteiger partial charge in [0.25, 0.3) is 0 Å². The van der Waals surface area contributed by atoms with Crippen LogP contribution in [-0.2, 0) is 6.42 Å². The van der Waals surface area contributed by atoms with Gasteiger partial charge >= 0.3 is 0 Å². The van der Waals surface area contributed by atoms with E-state index < -0.39 is 0 Å². The monoisotopic (exact) mass is 432 g/mol. The van der Waals surface area contributed by atoms with Crippen LogP contribution in [0.25, 0.3) is 0 Å². The summed E-state index contributed by atoms with van der Waals surface area (Å²) in [6.45, 7) is 0. The first-order chi connectivity index (χ1) is 16.2. The summed E-state index contributed by atoms with van der Waals surface area (Å²) in [5, 5.41) is 22.5. The van der Waals surface area contributed by atoms with Gasteiger partial charge in [0.2, 0.25) is 0 Å². The van der Waals surface area contributed by atoms with Gasteiger partial charge in [0.1, 0.15) is 23.0 Å². The molecule has 0 spiro atoms. The molecule has 160 valence electrons. The summed E-state index contributed by atoms with van der Waals surface area (Å²) in [5.74, 6) is 2.91. The standard InChI is InChI=1S/C27H20N4O2/c28-18-30-22-5-13-26(14-6-22)32-24-9-1-20(2-10-24)17-21-3-11-25(12-4-21)33-27-15-7-23(8-16-27)31-19-29/h1-16,30-31H,17H2. The van der Waals surface area contributed by atoms with E-state index in [1.807, 2.05) is 85.2 Å². The molecule has 2 N–H and O–H groups in total. The van der Waals surface area contributed by atoms with Crippen molar-refractivity contribution < 1.29 is 9.47 Å². The van der Waals surface area contributed by atoms with Gasteiger partial charge in [-0.2, -0.15) is 10.5 Å². The molecule has 33 heavy (non-hydrogen) atoms. The van der Waals surface area contributed by atoms with Gasteiger partial charge in [-0.15, -0.1) is 0 Å². The maximum Gasteiger partial charge on any atom is 0.181 e. The minimum absolute atomic E-state index is 0.706. The van der Waals surface area contributed by atoms with Crippen molar-refractivity contribution in [1.82, 2.24) is 0 Å². The summed E-state index contributed by atoms with van der Waals surface area (Å²) in [6.07, 6.45) is 4.58. The average Bonchev–Trinajstić information content (AvgIpc) is 2.84. The topological polar surface area (TPSA) is 90.1 Å². The highest BCUT2D eigenvalue weighted by Crippen LogP contribution is 2.26. The minimum atomic E-state index is 0.706. The Morgan fingerprint density at radius 2 is 0.788 bits per heavy atom. The molecule has 0 aromatic heterocycles. The predicted molar refractivity (Wildman–Crippen MR) is 127 cm³/mol. The van der Waals surface area contributed by atoms with Crippen molar-refractivity contribution >= 4 is 11.4 Å². The Kier molecular flexibility index (Phi) is 6.70. The number of hydrogen-bond acceptors (Lipinski definition) is 6. The lowest BCUT2D eigenvalue weighted by atomic mass is 10.0. The van der Waals surface area contributed by atoms with E-state index in [2.05, 4.69) is 10.6 Å². The Labute approximate surface area is 192 Å². The highest BCUT2D eigenvalue weighted by atomic mass is 16.5. The van der Waals surface area contributed by atoms with Crippen LogP contribution in [-0.4, -0.2) is 0 Å². The van der Waals surface area contributed by atoms with Crippen LogP contribution in [0.15, 0.2) is 97.1 Å². The van der Waals surface area contributed by atoms with Crippen LogP contribution in [0.1, 0.15) is 11.1 Å². The van der Waals surface area contributed by atoms with E-state index in [9.17, 15) is 0 Å². The van der Waals surface area contributed by atoms with Crippen molar-refractivity contribution in [1.29, 1.82) is 10.5 Å². The van der Waals surface area contributed by atoms with Gasteiger partial charge in [0.05, 0.1) is 0 Å². The van der Waals surface area contributed by atoms with Crippen LogP contribution < -0.4 is 20.1 Å². The van der Waals surface area contributed by atoms with Crippen molar-refractivity contribution in [3.05, 3.63) is 108 Å². The third kappa shape index (κ3) is 6.04. The number of rotatable bonds is 8. The molecule has 0 unspecified atom stereocenters. The fourth-order valence-electron chi connectivity index (χ4n) is 3.20. The highest BCUT2D eigenvalue weighted by Gasteiger charge is 2.02. The molecule has 4 aromatic carbocycles. The van der Waals surface area contributed by atoms with Crippen LogP contribution in [0.3, 0.4) is 0 Å². The van der Waals surface area contributed by atoms with Crippen LogP contribution in [0, 0.1) is 22.9 Å². The van der Waals surface area contributed by atoms with Crippen molar-refractivity contribution in [2.75, 3.05) is 10.6 Å². The lowest BCUT2D eigenvalue weighted by molar-refractivity contribution is 0.482. The zero-order valence-corrected chi connectivity index (χ0v) is 17.7. The number of anilines is 2. The second-order valence-electron chi connectivity index (χ2n) is 7.19. The third-order valence-electron chi connectivity index (χ3n) is 4.84. The predicted octanol–water partition coefficient (Wildman–Crippen LogP) is 6.65. The molecule has 0 bridgehead atoms. The molecule has 4 rings (SSSR count). The van der Waals surface area contributed by atoms with Crippen molar-refractivity contribution in [2.24, 2.45) is 0 Å². The van der Waals surface area contributed by atoms with E-state index in [0.29, 0.717) is 11.5 Å². The zero-order valence-electron chi connectivity index (χ0n) is 17.7. The molecule has 0 amide bonds. The Morgan fingerprint density at radius 3 is 1.09 bits per heavy atom. The molecule has 0 atom stereocenters. The van der Waals surface area contributed by atoms with Crippen LogP contribution in [0.4, 0.5) is 11.4 Å². The largest absolute Gasteiger partial charge is 0.457 e. The maximum absolute atomic E-state index is 8.64. The number of ether oxygens (including phenoxy) is 2. The molecule has 0 fully saturated rings. The van der Waals surface area contributed by atoms with Crippen LogP contribution in [0.2, 0.25) is 0 Å².